The molecular weight excluding hydrogens is 2180 g/mol. The van der Waals surface area contributed by atoms with Crippen molar-refractivity contribution < 1.29 is 62.0 Å². The SMILES string of the molecule is C1CCOC1.CC(C)(C)OC(=O)N(C(=O)OC(C)(C)C)c1ncnc(Cl)c1Cl.CC(C)(C)OC(=O)N(C(=O)OC(C)(C)C)c1ncnc(Nc2cc(Cl)c3n(c2=O)C2(CCCCC2)NC3=O)c1Cl.Cl.Nc1cc(Cl)c2n(c1=O)C1(CCCCC1)NC2=O.Nc1ncnc(Cl)c1Cl.Nc1ncnc(Nc2cc(Cl)c3n(c2=O)C2(CCCCC2)NC3=O)c1Cl.Nc1ncnc(Nc2cc(Cl)c3n(c2=O)C2(CCCCC2)NC3=O)c1Cl. The molecule has 1 saturated heterocycles. The Labute approximate surface area is 908 Å². The molecule has 148 heavy (non-hydrogen) atoms. The Morgan fingerprint density at radius 1 is 0.331 bits per heavy atom. The first kappa shape index (κ1) is 117. The maximum Gasteiger partial charge on any atom is 0.425 e. The van der Waals surface area contributed by atoms with Crippen molar-refractivity contribution >= 4 is 257 Å². The minimum atomic E-state index is -1.07. The molecule has 4 saturated carbocycles. The summed E-state index contributed by atoms with van der Waals surface area (Å²) in [5, 5.41) is 21.2. The zero-order valence-corrected chi connectivity index (χ0v) is 91.3. The molecule has 0 aromatic carbocycles. The van der Waals surface area contributed by atoms with E-state index in [0.29, 0.717) is 48.3 Å². The molecular formula is C92H109Cl12N27O17. The molecule has 9 aliphatic rings. The molecule has 0 radical (unpaired) electrons. The van der Waals surface area contributed by atoms with Crippen LogP contribution in [0.3, 0.4) is 0 Å². The third-order valence-electron chi connectivity index (χ3n) is 23.5. The average Bonchev–Trinajstić information content (AvgIpc) is 1.57. The van der Waals surface area contributed by atoms with Crippen molar-refractivity contribution in [3.8, 4) is 0 Å². The summed E-state index contributed by atoms with van der Waals surface area (Å²) in [6.07, 6.45) is 21.4. The smallest absolute Gasteiger partial charge is 0.425 e. The van der Waals surface area contributed by atoms with Crippen LogP contribution in [0.15, 0.2) is 75.1 Å². The molecule has 8 amide bonds. The van der Waals surface area contributed by atoms with E-state index in [-0.39, 0.29) is 194 Å². The zero-order valence-electron chi connectivity index (χ0n) is 82.1. The molecule has 4 aliphatic carbocycles. The monoisotopic (exact) mass is 2280 g/mol. The number of hydrogen-bond acceptors (Lipinski definition) is 34. The maximum absolute atomic E-state index is 13.7. The highest BCUT2D eigenvalue weighted by atomic mass is 35.5. The van der Waals surface area contributed by atoms with Gasteiger partial charge in [-0.1, -0.05) is 153 Å². The number of amides is 8. The van der Waals surface area contributed by atoms with Crippen LogP contribution < -0.4 is 92.2 Å². The predicted octanol–water partition coefficient (Wildman–Crippen LogP) is 19.5. The number of nitrogens with two attached hydrogens (primary N) is 4. The number of rotatable bonds is 8. The van der Waals surface area contributed by atoms with E-state index < -0.39 is 80.9 Å². The fourth-order valence-corrected chi connectivity index (χ4v) is 19.6. The number of nitrogen functional groups attached to an aromatic ring is 4. The summed E-state index contributed by atoms with van der Waals surface area (Å²) in [6, 6.07) is 5.49. The van der Waals surface area contributed by atoms with Gasteiger partial charge in [0.2, 0.25) is 0 Å². The van der Waals surface area contributed by atoms with Crippen LogP contribution in [0.2, 0.25) is 55.5 Å². The molecule has 14 heterocycles. The Kier molecular flexibility index (Phi) is 37.8. The second kappa shape index (κ2) is 47.8. The summed E-state index contributed by atoms with van der Waals surface area (Å²) in [7, 11) is 0. The molecule has 56 heteroatoms. The number of nitrogens with one attached hydrogen (secondary N) is 7. The molecule has 9 aromatic heterocycles. The number of aromatic nitrogens is 14. The highest BCUT2D eigenvalue weighted by Crippen LogP contribution is 2.46. The number of imide groups is 2. The summed E-state index contributed by atoms with van der Waals surface area (Å²) in [6.45, 7) is 21.8. The van der Waals surface area contributed by atoms with Gasteiger partial charge in [0.25, 0.3) is 45.9 Å². The number of nitrogens with zero attached hydrogens (tertiary/aromatic N) is 16. The largest absolute Gasteiger partial charge is 0.443 e. The van der Waals surface area contributed by atoms with E-state index in [1.54, 1.807) is 83.1 Å². The Balaban J connectivity index is 0.000000173. The number of fused-ring (bicyclic) bond motifs is 8. The quantitative estimate of drug-likeness (QED) is 0.0497. The molecule has 15 N–H and O–H groups in total. The third kappa shape index (κ3) is 26.8. The lowest BCUT2D eigenvalue weighted by molar-refractivity contribution is 0.0406. The molecule has 44 nitrogen and oxygen atoms in total. The van der Waals surface area contributed by atoms with E-state index >= 15 is 0 Å². The van der Waals surface area contributed by atoms with Crippen molar-refractivity contribution in [2.45, 2.75) is 269 Å². The van der Waals surface area contributed by atoms with Crippen LogP contribution in [0.1, 0.15) is 266 Å². The Bertz CT molecular complexity index is 6600. The first-order valence-corrected chi connectivity index (χ1v) is 50.5. The van der Waals surface area contributed by atoms with Crippen molar-refractivity contribution in [1.29, 1.82) is 0 Å². The van der Waals surface area contributed by atoms with Crippen LogP contribution in [0.4, 0.5) is 88.5 Å². The van der Waals surface area contributed by atoms with Crippen molar-refractivity contribution in [3.05, 3.63) is 176 Å². The number of ether oxygens (including phenoxy) is 5. The van der Waals surface area contributed by atoms with Gasteiger partial charge in [-0.05, 0) is 223 Å². The molecule has 4 spiro atoms. The highest BCUT2D eigenvalue weighted by molar-refractivity contribution is 6.44. The average molecular weight is 2290 g/mol. The molecule has 0 atom stereocenters. The van der Waals surface area contributed by atoms with Crippen LogP contribution in [-0.4, -0.2) is 152 Å². The van der Waals surface area contributed by atoms with E-state index in [4.69, 9.17) is 174 Å². The lowest BCUT2D eigenvalue weighted by Crippen LogP contribution is -2.48. The third-order valence-corrected chi connectivity index (χ3v) is 27.3. The Morgan fingerprint density at radius 2 is 0.574 bits per heavy atom. The Morgan fingerprint density at radius 3 is 0.845 bits per heavy atom. The van der Waals surface area contributed by atoms with Gasteiger partial charge >= 0.3 is 24.4 Å². The van der Waals surface area contributed by atoms with Gasteiger partial charge in [0.1, 0.15) is 159 Å². The molecule has 0 unspecified atom stereocenters. The number of pyridine rings is 4. The van der Waals surface area contributed by atoms with E-state index in [0.717, 1.165) is 116 Å². The first-order valence-electron chi connectivity index (χ1n) is 46.4. The van der Waals surface area contributed by atoms with Crippen LogP contribution >= 0.6 is 140 Å². The predicted molar refractivity (Wildman–Crippen MR) is 567 cm³/mol. The van der Waals surface area contributed by atoms with Crippen molar-refractivity contribution in [2.24, 2.45) is 0 Å². The molecule has 0 bridgehead atoms. The van der Waals surface area contributed by atoms with Crippen molar-refractivity contribution in [2.75, 3.05) is 61.9 Å². The zero-order chi connectivity index (χ0) is 108. The number of carbonyl (C=O) groups is 8. The van der Waals surface area contributed by atoms with Crippen molar-refractivity contribution in [3.63, 3.8) is 0 Å². The van der Waals surface area contributed by atoms with Gasteiger partial charge < -0.3 is 83.8 Å². The lowest BCUT2D eigenvalue weighted by atomic mass is 9.89. The number of carbonyl (C=O) groups excluding carboxylic acids is 8. The van der Waals surface area contributed by atoms with Gasteiger partial charge in [-0.25, -0.2) is 69.0 Å². The normalized spacial score (nSPS) is 16.4. The fourth-order valence-electron chi connectivity index (χ4n) is 17.4. The summed E-state index contributed by atoms with van der Waals surface area (Å²) in [5.41, 5.74) is 15.4. The van der Waals surface area contributed by atoms with Gasteiger partial charge in [0.05, 0.1) is 25.8 Å². The van der Waals surface area contributed by atoms with E-state index in [9.17, 15) is 57.5 Å². The van der Waals surface area contributed by atoms with Crippen LogP contribution in [0, 0.1) is 0 Å². The second-order valence-corrected chi connectivity index (χ2v) is 43.2. The second-order valence-electron chi connectivity index (χ2n) is 39.0. The van der Waals surface area contributed by atoms with Gasteiger partial charge in [-0.3, -0.25) is 56.6 Å². The first-order chi connectivity index (χ1) is 69.0. The van der Waals surface area contributed by atoms with Gasteiger partial charge in [-0.2, -0.15) is 9.80 Å². The minimum Gasteiger partial charge on any atom is -0.443 e. The summed E-state index contributed by atoms with van der Waals surface area (Å²) in [5.74, 6) is -1.19. The fraction of sp³-hybridized carbons (Fsp3) is 0.478. The highest BCUT2D eigenvalue weighted by Gasteiger charge is 2.51. The van der Waals surface area contributed by atoms with Gasteiger partial charge in [0.15, 0.2) is 39.4 Å². The van der Waals surface area contributed by atoms with E-state index in [1.807, 2.05) is 0 Å². The molecule has 9 aromatic rings. The van der Waals surface area contributed by atoms with Crippen LogP contribution in [0.5, 0.6) is 0 Å². The molecule has 5 aliphatic heterocycles. The standard InChI is InChI=1S/C26H32Cl2N6O6.2C16H16Cl2N6O2.C14H19Cl2N3O4.C12H14ClN3O2.C4H3Cl2N3.C4H8O.ClH/c1-24(2,3)39-22(37)33(23(38)40-25(4,5)6)19-16(28)18(29-13-30-19)31-15-12-14(27)17-20(35)32-26(34(17)21(15)36)10-8-7-9-11-26;2*17-8-6-9(22-13-10(18)12(19)20-7-21-13)15(26)24-11(8)14(25)23-16(24)4-2-1-3-5-16;1-13(2,3)22-11(20)19(12(21)23-14(4,5)6)10-8(15)9(16)17-7-18-10;13-7-6-8(14)11(18)16-9(7)10(17)15-12(16)4-2-1-3-5-12;5-2-3(6)8-1-9-4(2)7;1-2-4-5-3-1;/h12-13H,7-11H2,1-6H3,(H,32,35)(H,29,30,31);2*6-7H,1-5H2,(H,23,25)(H3,19,20,21,22);7H,1-6H3;6H,1-5,14H2,(H,15,17);1H,(H2,7,8,9);1-4H2;1H. The molecule has 5 fully saturated rings. The summed E-state index contributed by atoms with van der Waals surface area (Å²) < 4.78 is 32.0. The van der Waals surface area contributed by atoms with E-state index in [1.165, 1.54) is 74.4 Å². The lowest BCUT2D eigenvalue weighted by Gasteiger charge is -2.35. The van der Waals surface area contributed by atoms with Crippen LogP contribution in [-0.2, 0) is 46.3 Å². The summed E-state index contributed by atoms with van der Waals surface area (Å²) >= 11 is 66.8. The molecule has 18 rings (SSSR count). The number of hydrogen-bond donors (Lipinski definition) is 11. The van der Waals surface area contributed by atoms with Gasteiger partial charge in [0, 0.05) is 13.2 Å². The summed E-state index contributed by atoms with van der Waals surface area (Å²) in [4.78, 5) is 192. The molecule has 798 valence electrons. The Hall–Kier alpha value is -11.4. The maximum atomic E-state index is 13.7. The topological polar surface area (TPSA) is 594 Å². The van der Waals surface area contributed by atoms with Crippen LogP contribution in [0.25, 0.3) is 0 Å². The number of anilines is 12. The van der Waals surface area contributed by atoms with Gasteiger partial charge in [-0.15, -0.1) is 12.4 Å². The van der Waals surface area contributed by atoms with E-state index in [2.05, 4.69) is 87.1 Å². The van der Waals surface area contributed by atoms with Crippen molar-refractivity contribution in [1.82, 2.24) is 89.4 Å². The number of halogens is 12. The minimum absolute atomic E-state index is 0.